The molecule has 0 aliphatic heterocycles. The van der Waals surface area contributed by atoms with E-state index in [0.717, 1.165) is 41.6 Å². The molecule has 0 heterocycles. The highest BCUT2D eigenvalue weighted by molar-refractivity contribution is 6.27. The van der Waals surface area contributed by atoms with Gasteiger partial charge in [0.1, 0.15) is 0 Å². The van der Waals surface area contributed by atoms with Crippen molar-refractivity contribution in [2.75, 3.05) is 6.61 Å². The van der Waals surface area contributed by atoms with Crippen LogP contribution < -0.4 is 5.32 Å². The molecule has 0 aliphatic carbocycles. The molecule has 0 saturated heterocycles. The summed E-state index contributed by atoms with van der Waals surface area (Å²) in [6.45, 7) is 4.89. The Bertz CT molecular complexity index is 1100. The van der Waals surface area contributed by atoms with Crippen LogP contribution in [0.15, 0.2) is 84.9 Å². The first-order valence-corrected chi connectivity index (χ1v) is 12.4. The zero-order chi connectivity index (χ0) is 24.9. The van der Waals surface area contributed by atoms with E-state index >= 15 is 0 Å². The molecule has 3 aromatic carbocycles. The van der Waals surface area contributed by atoms with Crippen LogP contribution in [0.3, 0.4) is 0 Å². The highest BCUT2D eigenvalue weighted by Crippen LogP contribution is 2.28. The lowest BCUT2D eigenvalue weighted by atomic mass is 9.92. The Kier molecular flexibility index (Phi) is 10.3. The summed E-state index contributed by atoms with van der Waals surface area (Å²) in [5, 5.41) is 3.58. The van der Waals surface area contributed by atoms with E-state index in [1.54, 1.807) is 0 Å². The summed E-state index contributed by atoms with van der Waals surface area (Å²) < 4.78 is 5.00. The minimum Gasteiger partial charge on any atom is -0.466 e. The van der Waals surface area contributed by atoms with Crippen LogP contribution in [0.1, 0.15) is 61.3 Å². The average Bonchev–Trinajstić information content (AvgIpc) is 2.88. The fraction of sp³-hybridized carbons (Fsp3) is 0.290. The predicted octanol–water partition coefficient (Wildman–Crippen LogP) is 6.74. The maximum absolute atomic E-state index is 13.6. The standard InChI is InChI=1S/C31H35NO3/c1-3-35-29(34)18-12-6-11-17-28(33)30(26-15-9-5-10-16-26)31(27-21-19-24(2)20-22-27)32-23-25-13-7-4-8-14-25/h4-5,7-10,13-16,19-22,32H,3,6,11-12,17-18,23H2,1-2H3/b31-30+. The number of unbranched alkanes of at least 4 members (excludes halogenated alkanes) is 2. The van der Waals surface area contributed by atoms with Crippen molar-refractivity contribution in [1.82, 2.24) is 5.32 Å². The lowest BCUT2D eigenvalue weighted by Gasteiger charge is -2.18. The minimum atomic E-state index is -0.171. The van der Waals surface area contributed by atoms with E-state index in [1.807, 2.05) is 55.5 Å². The molecule has 0 saturated carbocycles. The number of ether oxygens (including phenoxy) is 1. The van der Waals surface area contributed by atoms with Crippen LogP contribution >= 0.6 is 0 Å². The van der Waals surface area contributed by atoms with Gasteiger partial charge in [-0.05, 0) is 43.4 Å². The molecule has 182 valence electrons. The molecule has 0 unspecified atom stereocenters. The lowest BCUT2D eigenvalue weighted by Crippen LogP contribution is -2.17. The number of benzene rings is 3. The third-order valence-electron chi connectivity index (χ3n) is 5.83. The Balaban J connectivity index is 1.87. The molecule has 1 N–H and O–H groups in total. The maximum atomic E-state index is 13.6. The summed E-state index contributed by atoms with van der Waals surface area (Å²) in [6.07, 6.45) is 3.10. The number of Topliss-reactive ketones (excluding diaryl/α,β-unsaturated/α-hetero) is 1. The Morgan fingerprint density at radius 2 is 1.37 bits per heavy atom. The number of carbonyl (C=O) groups is 2. The molecule has 0 bridgehead atoms. The SMILES string of the molecule is CCOC(=O)CCCCCC(=O)/C(=C(/NCc1ccccc1)c1ccc(C)cc1)c1ccccc1. The van der Waals surface area contributed by atoms with Crippen LogP contribution in [0.2, 0.25) is 0 Å². The Morgan fingerprint density at radius 1 is 0.743 bits per heavy atom. The molecule has 0 aromatic heterocycles. The van der Waals surface area contributed by atoms with Crippen molar-refractivity contribution >= 4 is 23.0 Å². The number of rotatable bonds is 13. The molecule has 35 heavy (non-hydrogen) atoms. The van der Waals surface area contributed by atoms with Gasteiger partial charge in [0, 0.05) is 25.0 Å². The second kappa shape index (κ2) is 13.9. The van der Waals surface area contributed by atoms with Gasteiger partial charge >= 0.3 is 5.97 Å². The number of hydrogen-bond acceptors (Lipinski definition) is 4. The van der Waals surface area contributed by atoms with E-state index in [0.29, 0.717) is 31.6 Å². The maximum Gasteiger partial charge on any atom is 0.305 e. The predicted molar refractivity (Wildman–Crippen MR) is 142 cm³/mol. The summed E-state index contributed by atoms with van der Waals surface area (Å²) in [6, 6.07) is 28.3. The van der Waals surface area contributed by atoms with Gasteiger partial charge in [0.15, 0.2) is 5.78 Å². The minimum absolute atomic E-state index is 0.100. The third kappa shape index (κ3) is 8.25. The van der Waals surface area contributed by atoms with Crippen LogP contribution in [-0.2, 0) is 20.9 Å². The molecule has 0 aliphatic rings. The summed E-state index contributed by atoms with van der Waals surface area (Å²) in [5.41, 5.74) is 5.76. The van der Waals surface area contributed by atoms with E-state index in [1.165, 1.54) is 5.56 Å². The molecule has 0 atom stereocenters. The highest BCUT2D eigenvalue weighted by atomic mass is 16.5. The number of nitrogens with one attached hydrogen (secondary N) is 1. The summed E-state index contributed by atoms with van der Waals surface area (Å²) in [4.78, 5) is 25.2. The van der Waals surface area contributed by atoms with Crippen LogP contribution in [0.25, 0.3) is 11.3 Å². The Hall–Kier alpha value is -3.66. The van der Waals surface area contributed by atoms with Crippen molar-refractivity contribution in [1.29, 1.82) is 0 Å². The summed E-state index contributed by atoms with van der Waals surface area (Å²) >= 11 is 0. The topological polar surface area (TPSA) is 55.4 Å². The quantitative estimate of drug-likeness (QED) is 0.130. The number of esters is 1. The molecule has 3 rings (SSSR count). The molecule has 0 spiro atoms. The molecule has 4 heteroatoms. The average molecular weight is 470 g/mol. The number of ketones is 1. The van der Waals surface area contributed by atoms with Gasteiger partial charge in [-0.15, -0.1) is 0 Å². The van der Waals surface area contributed by atoms with E-state index in [2.05, 4.69) is 48.6 Å². The van der Waals surface area contributed by atoms with Crippen LogP contribution in [0.5, 0.6) is 0 Å². The van der Waals surface area contributed by atoms with Crippen LogP contribution in [-0.4, -0.2) is 18.4 Å². The summed E-state index contributed by atoms with van der Waals surface area (Å²) in [5.74, 6) is -0.0704. The highest BCUT2D eigenvalue weighted by Gasteiger charge is 2.19. The number of aryl methyl sites for hydroxylation is 1. The smallest absolute Gasteiger partial charge is 0.305 e. The first-order valence-electron chi connectivity index (χ1n) is 12.4. The van der Waals surface area contributed by atoms with Crippen molar-refractivity contribution < 1.29 is 14.3 Å². The third-order valence-corrected chi connectivity index (χ3v) is 5.83. The van der Waals surface area contributed by atoms with Gasteiger partial charge in [-0.2, -0.15) is 0 Å². The second-order valence-electron chi connectivity index (χ2n) is 8.61. The van der Waals surface area contributed by atoms with Crippen molar-refractivity contribution in [3.63, 3.8) is 0 Å². The summed E-state index contributed by atoms with van der Waals surface area (Å²) in [7, 11) is 0. The molecular formula is C31H35NO3. The van der Waals surface area contributed by atoms with Crippen molar-refractivity contribution in [3.05, 3.63) is 107 Å². The van der Waals surface area contributed by atoms with Crippen molar-refractivity contribution in [2.45, 2.75) is 52.5 Å². The number of allylic oxidation sites excluding steroid dienone is 1. The molecule has 0 amide bonds. The monoisotopic (exact) mass is 469 g/mol. The van der Waals surface area contributed by atoms with E-state index < -0.39 is 0 Å². The Morgan fingerprint density at radius 3 is 2.03 bits per heavy atom. The van der Waals surface area contributed by atoms with Gasteiger partial charge in [0.2, 0.25) is 0 Å². The van der Waals surface area contributed by atoms with Gasteiger partial charge in [-0.25, -0.2) is 0 Å². The first-order chi connectivity index (χ1) is 17.1. The normalized spacial score (nSPS) is 11.5. The number of hydrogen-bond donors (Lipinski definition) is 1. The van der Waals surface area contributed by atoms with Crippen molar-refractivity contribution in [3.8, 4) is 0 Å². The Labute approximate surface area is 209 Å². The second-order valence-corrected chi connectivity index (χ2v) is 8.61. The molecule has 4 nitrogen and oxygen atoms in total. The van der Waals surface area contributed by atoms with E-state index in [4.69, 9.17) is 4.74 Å². The van der Waals surface area contributed by atoms with Gasteiger partial charge in [-0.1, -0.05) is 96.9 Å². The van der Waals surface area contributed by atoms with Crippen LogP contribution in [0, 0.1) is 6.92 Å². The van der Waals surface area contributed by atoms with Gasteiger partial charge in [0.05, 0.1) is 12.3 Å². The first kappa shape index (κ1) is 26.0. The molecular weight excluding hydrogens is 434 g/mol. The molecule has 0 fully saturated rings. The van der Waals surface area contributed by atoms with E-state index in [9.17, 15) is 9.59 Å². The molecule has 0 radical (unpaired) electrons. The van der Waals surface area contributed by atoms with Gasteiger partial charge in [-0.3, -0.25) is 9.59 Å². The lowest BCUT2D eigenvalue weighted by molar-refractivity contribution is -0.143. The molecule has 3 aromatic rings. The zero-order valence-electron chi connectivity index (χ0n) is 20.8. The van der Waals surface area contributed by atoms with E-state index in [-0.39, 0.29) is 11.8 Å². The van der Waals surface area contributed by atoms with Crippen LogP contribution in [0.4, 0.5) is 0 Å². The number of carbonyl (C=O) groups excluding carboxylic acids is 2. The fourth-order valence-electron chi connectivity index (χ4n) is 3.98. The fourth-order valence-corrected chi connectivity index (χ4v) is 3.98. The van der Waals surface area contributed by atoms with Gasteiger partial charge in [0.25, 0.3) is 0 Å². The van der Waals surface area contributed by atoms with Gasteiger partial charge < -0.3 is 10.1 Å². The van der Waals surface area contributed by atoms with Crippen molar-refractivity contribution in [2.24, 2.45) is 0 Å². The zero-order valence-corrected chi connectivity index (χ0v) is 20.8. The largest absolute Gasteiger partial charge is 0.466 e.